The van der Waals surface area contributed by atoms with Gasteiger partial charge in [0.2, 0.25) is 0 Å². The lowest BCUT2D eigenvalue weighted by Crippen LogP contribution is -2.13. The molecule has 4 nitrogen and oxygen atoms in total. The Labute approximate surface area is 137 Å². The highest BCUT2D eigenvalue weighted by Crippen LogP contribution is 2.20. The topological polar surface area (TPSA) is 62.1 Å². The van der Waals surface area contributed by atoms with Crippen LogP contribution in [0.25, 0.3) is 6.08 Å². The maximum Gasteiger partial charge on any atom is 0.266 e. The Morgan fingerprint density at radius 1 is 1.35 bits per heavy atom. The third-order valence-electron chi connectivity index (χ3n) is 2.95. The van der Waals surface area contributed by atoms with E-state index in [0.717, 1.165) is 6.07 Å². The highest BCUT2D eigenvalue weighted by atomic mass is 35.5. The molecule has 116 valence electrons. The summed E-state index contributed by atoms with van der Waals surface area (Å²) in [5, 5.41) is 11.5. The average molecular weight is 331 g/mol. The van der Waals surface area contributed by atoms with Crippen molar-refractivity contribution in [3.05, 3.63) is 64.4 Å². The van der Waals surface area contributed by atoms with E-state index in [1.165, 1.54) is 25.3 Å². The minimum Gasteiger partial charge on any atom is -0.497 e. The molecule has 0 saturated carbocycles. The lowest BCUT2D eigenvalue weighted by Gasteiger charge is -2.05. The number of hydrogen-bond acceptors (Lipinski definition) is 3. The molecule has 6 heteroatoms. The van der Waals surface area contributed by atoms with Crippen molar-refractivity contribution >= 4 is 29.3 Å². The van der Waals surface area contributed by atoms with Crippen LogP contribution in [0.2, 0.25) is 5.02 Å². The van der Waals surface area contributed by atoms with Crippen molar-refractivity contribution in [2.24, 2.45) is 0 Å². The van der Waals surface area contributed by atoms with Gasteiger partial charge < -0.3 is 10.1 Å². The van der Waals surface area contributed by atoms with Gasteiger partial charge in [0.05, 0.1) is 12.1 Å². The number of nitriles is 1. The van der Waals surface area contributed by atoms with Gasteiger partial charge in [0.25, 0.3) is 5.91 Å². The van der Waals surface area contributed by atoms with Gasteiger partial charge in [-0.2, -0.15) is 5.26 Å². The molecule has 0 atom stereocenters. The molecule has 0 bridgehead atoms. The number of anilines is 1. The molecule has 2 aromatic rings. The Bertz CT molecular complexity index is 812. The van der Waals surface area contributed by atoms with Gasteiger partial charge >= 0.3 is 0 Å². The van der Waals surface area contributed by atoms with E-state index >= 15 is 0 Å². The van der Waals surface area contributed by atoms with Gasteiger partial charge in [-0.25, -0.2) is 4.39 Å². The smallest absolute Gasteiger partial charge is 0.266 e. The molecule has 1 amide bonds. The number of carbonyl (C=O) groups excluding carboxylic acids is 1. The van der Waals surface area contributed by atoms with Crippen LogP contribution >= 0.6 is 11.6 Å². The molecule has 23 heavy (non-hydrogen) atoms. The lowest BCUT2D eigenvalue weighted by atomic mass is 10.1. The summed E-state index contributed by atoms with van der Waals surface area (Å²) < 4.78 is 18.2. The fraction of sp³-hybridized carbons (Fsp3) is 0.0588. The largest absolute Gasteiger partial charge is 0.497 e. The second-order valence-corrected chi connectivity index (χ2v) is 4.94. The van der Waals surface area contributed by atoms with E-state index in [4.69, 9.17) is 21.6 Å². The Morgan fingerprint density at radius 2 is 2.13 bits per heavy atom. The van der Waals surface area contributed by atoms with Crippen LogP contribution in [0.4, 0.5) is 10.1 Å². The molecule has 0 aromatic heterocycles. The molecule has 0 aliphatic carbocycles. The summed E-state index contributed by atoms with van der Waals surface area (Å²) in [5.41, 5.74) is 0.847. The second kappa shape index (κ2) is 7.43. The van der Waals surface area contributed by atoms with Gasteiger partial charge in [-0.3, -0.25) is 4.79 Å². The Kier molecular flexibility index (Phi) is 5.34. The Hall–Kier alpha value is -2.84. The van der Waals surface area contributed by atoms with Gasteiger partial charge in [0.1, 0.15) is 23.2 Å². The maximum atomic E-state index is 13.1. The fourth-order valence-electron chi connectivity index (χ4n) is 1.82. The SMILES string of the molecule is COc1cccc(/C=C(\C#N)C(=O)Nc2ccc(F)c(Cl)c2)c1. The fourth-order valence-corrected chi connectivity index (χ4v) is 2.00. The van der Waals surface area contributed by atoms with Gasteiger partial charge in [0, 0.05) is 5.69 Å². The molecular weight excluding hydrogens is 319 g/mol. The van der Waals surface area contributed by atoms with Crippen LogP contribution in [0.3, 0.4) is 0 Å². The number of amides is 1. The van der Waals surface area contributed by atoms with E-state index in [9.17, 15) is 9.18 Å². The number of halogens is 2. The molecule has 2 rings (SSSR count). The van der Waals surface area contributed by atoms with Crippen molar-refractivity contribution in [1.29, 1.82) is 5.26 Å². The minimum absolute atomic E-state index is 0.0984. The predicted molar refractivity (Wildman–Crippen MR) is 86.6 cm³/mol. The van der Waals surface area contributed by atoms with Gasteiger partial charge in [0.15, 0.2) is 0 Å². The third kappa shape index (κ3) is 4.31. The zero-order valence-electron chi connectivity index (χ0n) is 12.1. The van der Waals surface area contributed by atoms with E-state index in [1.807, 2.05) is 6.07 Å². The second-order valence-electron chi connectivity index (χ2n) is 4.53. The molecule has 0 fully saturated rings. The quantitative estimate of drug-likeness (QED) is 0.680. The first-order valence-electron chi connectivity index (χ1n) is 6.55. The molecule has 0 saturated heterocycles. The lowest BCUT2D eigenvalue weighted by molar-refractivity contribution is -0.112. The molecule has 0 unspecified atom stereocenters. The van der Waals surface area contributed by atoms with Crippen LogP contribution in [0.15, 0.2) is 48.0 Å². The maximum absolute atomic E-state index is 13.1. The zero-order valence-corrected chi connectivity index (χ0v) is 12.9. The van der Waals surface area contributed by atoms with Crippen LogP contribution in [0.1, 0.15) is 5.56 Å². The molecule has 0 radical (unpaired) electrons. The van der Waals surface area contributed by atoms with Crippen LogP contribution in [-0.2, 0) is 4.79 Å². The normalized spacial score (nSPS) is 10.8. The summed E-state index contributed by atoms with van der Waals surface area (Å²) in [4.78, 5) is 12.1. The number of carbonyl (C=O) groups is 1. The Balaban J connectivity index is 2.22. The first kappa shape index (κ1) is 16.5. The number of nitrogens with zero attached hydrogens (tertiary/aromatic N) is 1. The molecule has 0 aliphatic rings. The summed E-state index contributed by atoms with van der Waals surface area (Å²) in [5.74, 6) is -0.586. The highest BCUT2D eigenvalue weighted by molar-refractivity contribution is 6.31. The molecule has 0 aliphatic heterocycles. The molecular formula is C17H12ClFN2O2. The molecule has 0 heterocycles. The van der Waals surface area contributed by atoms with Crippen LogP contribution in [0.5, 0.6) is 5.75 Å². The monoisotopic (exact) mass is 330 g/mol. The number of nitrogens with one attached hydrogen (secondary N) is 1. The van der Waals surface area contributed by atoms with Gasteiger partial charge in [-0.1, -0.05) is 23.7 Å². The van der Waals surface area contributed by atoms with Gasteiger partial charge in [-0.05, 0) is 42.0 Å². The van der Waals surface area contributed by atoms with E-state index in [2.05, 4.69) is 5.32 Å². The van der Waals surface area contributed by atoms with Crippen molar-refractivity contribution in [2.45, 2.75) is 0 Å². The first-order valence-corrected chi connectivity index (χ1v) is 6.93. The molecule has 2 aromatic carbocycles. The first-order chi connectivity index (χ1) is 11.0. The summed E-state index contributed by atoms with van der Waals surface area (Å²) in [6.07, 6.45) is 1.43. The Morgan fingerprint density at radius 3 is 2.78 bits per heavy atom. The zero-order chi connectivity index (χ0) is 16.8. The van der Waals surface area contributed by atoms with Crippen LogP contribution in [0, 0.1) is 17.1 Å². The molecule has 1 N–H and O–H groups in total. The van der Waals surface area contributed by atoms with Crippen molar-refractivity contribution < 1.29 is 13.9 Å². The number of methoxy groups -OCH3 is 1. The van der Waals surface area contributed by atoms with Crippen LogP contribution in [-0.4, -0.2) is 13.0 Å². The highest BCUT2D eigenvalue weighted by Gasteiger charge is 2.11. The van der Waals surface area contributed by atoms with E-state index in [0.29, 0.717) is 17.0 Å². The summed E-state index contributed by atoms with van der Waals surface area (Å²) >= 11 is 5.65. The average Bonchev–Trinajstić information content (AvgIpc) is 2.56. The van der Waals surface area contributed by atoms with E-state index in [-0.39, 0.29) is 10.6 Å². The standard InChI is InChI=1S/C17H12ClFN2O2/c1-23-14-4-2-3-11(8-14)7-12(10-20)17(22)21-13-5-6-16(19)15(18)9-13/h2-9H,1H3,(H,21,22)/b12-7+. The summed E-state index contributed by atoms with van der Waals surface area (Å²) in [6.45, 7) is 0. The van der Waals surface area contributed by atoms with E-state index in [1.54, 1.807) is 24.3 Å². The van der Waals surface area contributed by atoms with Crippen molar-refractivity contribution in [1.82, 2.24) is 0 Å². The van der Waals surface area contributed by atoms with Crippen molar-refractivity contribution in [2.75, 3.05) is 12.4 Å². The van der Waals surface area contributed by atoms with Gasteiger partial charge in [-0.15, -0.1) is 0 Å². The minimum atomic E-state index is -0.613. The number of rotatable bonds is 4. The number of ether oxygens (including phenoxy) is 1. The molecule has 0 spiro atoms. The number of hydrogen-bond donors (Lipinski definition) is 1. The third-order valence-corrected chi connectivity index (χ3v) is 3.24. The van der Waals surface area contributed by atoms with E-state index < -0.39 is 11.7 Å². The van der Waals surface area contributed by atoms with Crippen molar-refractivity contribution in [3.8, 4) is 11.8 Å². The van der Waals surface area contributed by atoms with Crippen LogP contribution < -0.4 is 10.1 Å². The summed E-state index contributed by atoms with van der Waals surface area (Å²) in [7, 11) is 1.53. The predicted octanol–water partition coefficient (Wildman–Crippen LogP) is 4.03. The van der Waals surface area contributed by atoms with Crippen molar-refractivity contribution in [3.63, 3.8) is 0 Å². The number of benzene rings is 2. The summed E-state index contributed by atoms with van der Waals surface area (Å²) in [6, 6.07) is 12.5.